The fraction of sp³-hybridized carbons (Fsp3) is 0.182. The van der Waals surface area contributed by atoms with Crippen LogP contribution in [0.25, 0.3) is 0 Å². The first-order valence-electron chi connectivity index (χ1n) is 9.16. The molecule has 7 heteroatoms. The van der Waals surface area contributed by atoms with Crippen LogP contribution in [0.15, 0.2) is 76.3 Å². The molecule has 0 bridgehead atoms. The van der Waals surface area contributed by atoms with E-state index in [1.807, 2.05) is 30.3 Å². The average molecular weight is 413 g/mol. The second kappa shape index (κ2) is 8.49. The van der Waals surface area contributed by atoms with Crippen LogP contribution < -0.4 is 0 Å². The Labute approximate surface area is 172 Å². The van der Waals surface area contributed by atoms with Gasteiger partial charge in [0.25, 0.3) is 5.91 Å². The number of rotatable bonds is 6. The van der Waals surface area contributed by atoms with Gasteiger partial charge in [0.2, 0.25) is 0 Å². The maximum atomic E-state index is 14.2. The number of hydrogen-bond acceptors (Lipinski definition) is 4. The minimum absolute atomic E-state index is 0.0281. The minimum atomic E-state index is -0.551. The van der Waals surface area contributed by atoms with Crippen molar-refractivity contribution in [3.63, 3.8) is 0 Å². The number of carbonyl (C=O) groups excluding carboxylic acids is 1. The molecule has 0 aliphatic carbocycles. The molecule has 1 aliphatic heterocycles. The zero-order valence-electron chi connectivity index (χ0n) is 15.4. The smallest absolute Gasteiger partial charge is 0.257 e. The maximum Gasteiger partial charge on any atom is 0.257 e. The largest absolute Gasteiger partial charge is 0.443 e. The summed E-state index contributed by atoms with van der Waals surface area (Å²) in [7, 11) is 0. The molecule has 29 heavy (non-hydrogen) atoms. The first kappa shape index (κ1) is 19.2. The third-order valence-corrected chi connectivity index (χ3v) is 4.83. The lowest BCUT2D eigenvalue weighted by Gasteiger charge is -2.25. The standard InChI is InChI=1S/C22H18ClFN2O3/c23-21-11-10-20(28-21)19-12-16(29-25-19)14-26(13-15-6-2-1-3-7-15)22(27)17-8-4-5-9-18(17)24/h1-11,16H,12-14H2/t16-/m1/s1. The van der Waals surface area contributed by atoms with E-state index in [1.165, 1.54) is 12.1 Å². The molecular weight excluding hydrogens is 395 g/mol. The van der Waals surface area contributed by atoms with Crippen molar-refractivity contribution in [2.75, 3.05) is 6.54 Å². The highest BCUT2D eigenvalue weighted by molar-refractivity contribution is 6.29. The monoisotopic (exact) mass is 412 g/mol. The van der Waals surface area contributed by atoms with Crippen LogP contribution in [-0.4, -0.2) is 29.2 Å². The summed E-state index contributed by atoms with van der Waals surface area (Å²) in [5.41, 5.74) is 1.59. The van der Waals surface area contributed by atoms with Gasteiger partial charge in [0.05, 0.1) is 12.1 Å². The molecule has 0 fully saturated rings. The molecular formula is C22H18ClFN2O3. The zero-order valence-corrected chi connectivity index (χ0v) is 16.2. The highest BCUT2D eigenvalue weighted by Gasteiger charge is 2.29. The summed E-state index contributed by atoms with van der Waals surface area (Å²) in [5.74, 6) is -0.414. The van der Waals surface area contributed by atoms with Crippen molar-refractivity contribution in [3.8, 4) is 0 Å². The normalized spacial score (nSPS) is 15.7. The zero-order chi connectivity index (χ0) is 20.2. The number of nitrogens with zero attached hydrogens (tertiary/aromatic N) is 2. The van der Waals surface area contributed by atoms with E-state index in [4.69, 9.17) is 20.9 Å². The number of halogens is 2. The predicted molar refractivity (Wildman–Crippen MR) is 107 cm³/mol. The lowest BCUT2D eigenvalue weighted by Crippen LogP contribution is -2.37. The first-order valence-corrected chi connectivity index (χ1v) is 9.54. The van der Waals surface area contributed by atoms with Crippen LogP contribution in [0.5, 0.6) is 0 Å². The summed E-state index contributed by atoms with van der Waals surface area (Å²) in [6.07, 6.45) is 0.0907. The molecule has 0 radical (unpaired) electrons. The van der Waals surface area contributed by atoms with E-state index in [0.29, 0.717) is 24.4 Å². The number of carbonyl (C=O) groups is 1. The van der Waals surface area contributed by atoms with Crippen LogP contribution in [0.3, 0.4) is 0 Å². The Morgan fingerprint density at radius 1 is 1.10 bits per heavy atom. The predicted octanol–water partition coefficient (Wildman–Crippen LogP) is 4.91. The van der Waals surface area contributed by atoms with E-state index < -0.39 is 11.7 Å². The SMILES string of the molecule is O=C(c1ccccc1F)N(Cc1ccccc1)C[C@H]1CC(c2ccc(Cl)o2)=NO1. The third kappa shape index (κ3) is 4.49. The van der Waals surface area contributed by atoms with Crippen LogP contribution in [0, 0.1) is 5.82 Å². The van der Waals surface area contributed by atoms with Gasteiger partial charge in [-0.2, -0.15) is 0 Å². The van der Waals surface area contributed by atoms with E-state index in [9.17, 15) is 9.18 Å². The average Bonchev–Trinajstić information content (AvgIpc) is 3.37. The summed E-state index contributed by atoms with van der Waals surface area (Å²) < 4.78 is 19.6. The number of amides is 1. The van der Waals surface area contributed by atoms with Gasteiger partial charge in [-0.15, -0.1) is 0 Å². The molecule has 2 aromatic carbocycles. The van der Waals surface area contributed by atoms with Gasteiger partial charge < -0.3 is 14.2 Å². The van der Waals surface area contributed by atoms with E-state index >= 15 is 0 Å². The van der Waals surface area contributed by atoms with Gasteiger partial charge in [-0.25, -0.2) is 4.39 Å². The molecule has 5 nitrogen and oxygen atoms in total. The number of benzene rings is 2. The highest BCUT2D eigenvalue weighted by atomic mass is 35.5. The Hall–Kier alpha value is -3.12. The van der Waals surface area contributed by atoms with Gasteiger partial charge in [-0.1, -0.05) is 47.6 Å². The van der Waals surface area contributed by atoms with Crippen LogP contribution >= 0.6 is 11.6 Å². The van der Waals surface area contributed by atoms with Crippen molar-refractivity contribution < 1.29 is 18.4 Å². The van der Waals surface area contributed by atoms with Crippen molar-refractivity contribution >= 4 is 23.2 Å². The van der Waals surface area contributed by atoms with Gasteiger partial charge in [0.15, 0.2) is 17.1 Å². The maximum absolute atomic E-state index is 14.2. The number of oxime groups is 1. The molecule has 148 valence electrons. The Morgan fingerprint density at radius 3 is 2.59 bits per heavy atom. The van der Waals surface area contributed by atoms with Crippen molar-refractivity contribution in [1.82, 2.24) is 4.90 Å². The summed E-state index contributed by atoms with van der Waals surface area (Å²) in [4.78, 5) is 20.2. The van der Waals surface area contributed by atoms with E-state index in [2.05, 4.69) is 5.16 Å². The first-order chi connectivity index (χ1) is 14.1. The quantitative estimate of drug-likeness (QED) is 0.578. The van der Waals surface area contributed by atoms with E-state index in [1.54, 1.807) is 29.2 Å². The molecule has 1 amide bonds. The van der Waals surface area contributed by atoms with E-state index in [0.717, 1.165) is 5.56 Å². The fourth-order valence-electron chi connectivity index (χ4n) is 3.22. The number of furan rings is 1. The van der Waals surface area contributed by atoms with Crippen LogP contribution in [0.1, 0.15) is 28.1 Å². The summed E-state index contributed by atoms with van der Waals surface area (Å²) >= 11 is 5.82. The summed E-state index contributed by atoms with van der Waals surface area (Å²) in [6.45, 7) is 0.583. The van der Waals surface area contributed by atoms with E-state index in [-0.39, 0.29) is 23.4 Å². The molecule has 0 N–H and O–H groups in total. The highest BCUT2D eigenvalue weighted by Crippen LogP contribution is 2.23. The van der Waals surface area contributed by atoms with Crippen LogP contribution in [0.4, 0.5) is 4.39 Å². The summed E-state index contributed by atoms with van der Waals surface area (Å²) in [5, 5.41) is 4.33. The molecule has 0 saturated carbocycles. The Bertz CT molecular complexity index is 1040. The molecule has 1 aromatic heterocycles. The van der Waals surface area contributed by atoms with Crippen LogP contribution in [-0.2, 0) is 11.4 Å². The molecule has 3 aromatic rings. The molecule has 2 heterocycles. The molecule has 1 atom stereocenters. The Morgan fingerprint density at radius 2 is 1.86 bits per heavy atom. The Balaban J connectivity index is 1.51. The van der Waals surface area contributed by atoms with Gasteiger partial charge in [0, 0.05) is 13.0 Å². The van der Waals surface area contributed by atoms with Gasteiger partial charge in [-0.3, -0.25) is 4.79 Å². The van der Waals surface area contributed by atoms with Gasteiger partial charge >= 0.3 is 0 Å². The Kier molecular flexibility index (Phi) is 5.62. The molecule has 0 unspecified atom stereocenters. The second-order valence-corrected chi connectivity index (χ2v) is 7.10. The molecule has 1 aliphatic rings. The fourth-order valence-corrected chi connectivity index (χ4v) is 3.36. The molecule has 0 spiro atoms. The van der Waals surface area contributed by atoms with Crippen LogP contribution in [0.2, 0.25) is 5.22 Å². The van der Waals surface area contributed by atoms with Crippen molar-refractivity contribution in [2.45, 2.75) is 19.1 Å². The lowest BCUT2D eigenvalue weighted by atomic mass is 10.1. The molecule has 0 saturated heterocycles. The third-order valence-electron chi connectivity index (χ3n) is 4.62. The second-order valence-electron chi connectivity index (χ2n) is 6.72. The van der Waals surface area contributed by atoms with Crippen molar-refractivity contribution in [1.29, 1.82) is 0 Å². The van der Waals surface area contributed by atoms with Gasteiger partial charge in [-0.05, 0) is 41.4 Å². The number of hydrogen-bond donors (Lipinski definition) is 0. The lowest BCUT2D eigenvalue weighted by molar-refractivity contribution is 0.0402. The van der Waals surface area contributed by atoms with Gasteiger partial charge in [0.1, 0.15) is 11.5 Å². The minimum Gasteiger partial charge on any atom is -0.443 e. The summed E-state index contributed by atoms with van der Waals surface area (Å²) in [6, 6.07) is 18.9. The van der Waals surface area contributed by atoms with Crippen molar-refractivity contribution in [3.05, 3.63) is 94.7 Å². The van der Waals surface area contributed by atoms with Crippen molar-refractivity contribution in [2.24, 2.45) is 5.16 Å². The molecule has 4 rings (SSSR count). The topological polar surface area (TPSA) is 55.0 Å².